The average Bonchev–Trinajstić information content (AvgIpc) is 2.55. The number of morpholine rings is 1. The molecule has 13 heavy (non-hydrogen) atoms. The van der Waals surface area contributed by atoms with Gasteiger partial charge in [0.05, 0.1) is 12.9 Å². The minimum absolute atomic E-state index is 0.0243. The lowest BCUT2D eigenvalue weighted by molar-refractivity contribution is -0.0502. The Labute approximate surface area is 78.1 Å². The summed E-state index contributed by atoms with van der Waals surface area (Å²) in [5.74, 6) is 0.900. The van der Waals surface area contributed by atoms with Crippen LogP contribution in [0.3, 0.4) is 0 Å². The number of hydrogen-bond donors (Lipinski definition) is 1. The molecule has 3 heteroatoms. The SMILES string of the molecule is CC1(C)NCCOC1c1ccco1. The molecule has 1 unspecified atom stereocenters. The summed E-state index contributed by atoms with van der Waals surface area (Å²) >= 11 is 0. The molecular weight excluding hydrogens is 166 g/mol. The molecule has 1 aromatic rings. The molecule has 3 nitrogen and oxygen atoms in total. The highest BCUT2D eigenvalue weighted by atomic mass is 16.5. The van der Waals surface area contributed by atoms with Crippen molar-refractivity contribution >= 4 is 0 Å². The van der Waals surface area contributed by atoms with Gasteiger partial charge in [0.25, 0.3) is 0 Å². The van der Waals surface area contributed by atoms with Crippen LogP contribution >= 0.6 is 0 Å². The fourth-order valence-electron chi connectivity index (χ4n) is 1.73. The largest absolute Gasteiger partial charge is 0.467 e. The van der Waals surface area contributed by atoms with Crippen molar-refractivity contribution in [2.45, 2.75) is 25.5 Å². The molecule has 1 aliphatic heterocycles. The molecule has 1 fully saturated rings. The van der Waals surface area contributed by atoms with Crippen molar-refractivity contribution in [1.29, 1.82) is 0 Å². The van der Waals surface area contributed by atoms with Crippen molar-refractivity contribution in [3.8, 4) is 0 Å². The Morgan fingerprint density at radius 2 is 2.38 bits per heavy atom. The van der Waals surface area contributed by atoms with E-state index in [1.54, 1.807) is 6.26 Å². The highest BCUT2D eigenvalue weighted by molar-refractivity contribution is 5.09. The first-order valence-corrected chi connectivity index (χ1v) is 4.60. The molecule has 0 amide bonds. The molecule has 0 bridgehead atoms. The first-order valence-electron chi connectivity index (χ1n) is 4.60. The Morgan fingerprint density at radius 1 is 1.54 bits per heavy atom. The molecule has 1 saturated heterocycles. The molecular formula is C10H15NO2. The van der Waals surface area contributed by atoms with Crippen LogP contribution in [0.25, 0.3) is 0 Å². The van der Waals surface area contributed by atoms with E-state index in [-0.39, 0.29) is 11.6 Å². The zero-order valence-corrected chi connectivity index (χ0v) is 8.04. The maximum atomic E-state index is 5.68. The quantitative estimate of drug-likeness (QED) is 0.716. The molecule has 0 aromatic carbocycles. The third-order valence-electron chi connectivity index (χ3n) is 2.42. The van der Waals surface area contributed by atoms with Crippen molar-refractivity contribution in [3.63, 3.8) is 0 Å². The van der Waals surface area contributed by atoms with E-state index in [1.165, 1.54) is 0 Å². The summed E-state index contributed by atoms with van der Waals surface area (Å²) in [6.45, 7) is 5.90. The van der Waals surface area contributed by atoms with Gasteiger partial charge < -0.3 is 14.5 Å². The Bertz CT molecular complexity index is 266. The second kappa shape index (κ2) is 3.16. The van der Waals surface area contributed by atoms with Crippen molar-refractivity contribution in [2.75, 3.05) is 13.2 Å². The van der Waals surface area contributed by atoms with E-state index < -0.39 is 0 Å². The number of furan rings is 1. The van der Waals surface area contributed by atoms with Crippen LogP contribution in [0.5, 0.6) is 0 Å². The minimum Gasteiger partial charge on any atom is -0.467 e. The third-order valence-corrected chi connectivity index (χ3v) is 2.42. The van der Waals surface area contributed by atoms with Gasteiger partial charge in [0, 0.05) is 12.1 Å². The Balaban J connectivity index is 2.21. The molecule has 0 radical (unpaired) electrons. The predicted molar refractivity (Wildman–Crippen MR) is 49.5 cm³/mol. The second-order valence-electron chi connectivity index (χ2n) is 3.91. The molecule has 2 rings (SSSR count). The van der Waals surface area contributed by atoms with Crippen molar-refractivity contribution in [3.05, 3.63) is 24.2 Å². The van der Waals surface area contributed by atoms with Gasteiger partial charge in [-0.15, -0.1) is 0 Å². The highest BCUT2D eigenvalue weighted by Crippen LogP contribution is 2.31. The van der Waals surface area contributed by atoms with Crippen LogP contribution in [0, 0.1) is 0 Å². The van der Waals surface area contributed by atoms with Gasteiger partial charge in [-0.25, -0.2) is 0 Å². The lowest BCUT2D eigenvalue weighted by Gasteiger charge is -2.38. The van der Waals surface area contributed by atoms with Gasteiger partial charge in [-0.05, 0) is 26.0 Å². The smallest absolute Gasteiger partial charge is 0.134 e. The zero-order chi connectivity index (χ0) is 9.31. The summed E-state index contributed by atoms with van der Waals surface area (Å²) in [4.78, 5) is 0. The second-order valence-corrected chi connectivity index (χ2v) is 3.91. The zero-order valence-electron chi connectivity index (χ0n) is 8.04. The summed E-state index contributed by atoms with van der Waals surface area (Å²) in [7, 11) is 0. The molecule has 2 heterocycles. The fraction of sp³-hybridized carbons (Fsp3) is 0.600. The van der Waals surface area contributed by atoms with Gasteiger partial charge in [0.1, 0.15) is 11.9 Å². The lowest BCUT2D eigenvalue weighted by Crippen LogP contribution is -2.51. The summed E-state index contributed by atoms with van der Waals surface area (Å²) in [5.41, 5.74) is -0.0455. The summed E-state index contributed by atoms with van der Waals surface area (Å²) in [5, 5.41) is 3.41. The van der Waals surface area contributed by atoms with Crippen molar-refractivity contribution < 1.29 is 9.15 Å². The number of rotatable bonds is 1. The van der Waals surface area contributed by atoms with E-state index >= 15 is 0 Å². The molecule has 0 spiro atoms. The molecule has 1 atom stereocenters. The van der Waals surface area contributed by atoms with Crippen LogP contribution in [0.15, 0.2) is 22.8 Å². The van der Waals surface area contributed by atoms with Crippen LogP contribution in [-0.4, -0.2) is 18.7 Å². The van der Waals surface area contributed by atoms with Gasteiger partial charge in [0.2, 0.25) is 0 Å². The molecule has 0 saturated carbocycles. The Hall–Kier alpha value is -0.800. The summed E-state index contributed by atoms with van der Waals surface area (Å²) in [6, 6.07) is 3.85. The van der Waals surface area contributed by atoms with E-state index in [9.17, 15) is 0 Å². The van der Waals surface area contributed by atoms with Crippen LogP contribution in [0.1, 0.15) is 25.7 Å². The first-order chi connectivity index (χ1) is 6.20. The van der Waals surface area contributed by atoms with E-state index in [4.69, 9.17) is 9.15 Å². The van der Waals surface area contributed by atoms with E-state index in [0.717, 1.165) is 18.9 Å². The standard InChI is InChI=1S/C10H15NO2/c1-10(2)9(13-7-5-11-10)8-4-3-6-12-8/h3-4,6,9,11H,5,7H2,1-2H3. The number of ether oxygens (including phenoxy) is 1. The monoisotopic (exact) mass is 181 g/mol. The maximum Gasteiger partial charge on any atom is 0.134 e. The lowest BCUT2D eigenvalue weighted by atomic mass is 9.94. The van der Waals surface area contributed by atoms with Gasteiger partial charge in [-0.2, -0.15) is 0 Å². The topological polar surface area (TPSA) is 34.4 Å². The van der Waals surface area contributed by atoms with Crippen molar-refractivity contribution in [2.24, 2.45) is 0 Å². The van der Waals surface area contributed by atoms with Crippen molar-refractivity contribution in [1.82, 2.24) is 5.32 Å². The Morgan fingerprint density at radius 3 is 3.00 bits per heavy atom. The Kier molecular flexibility index (Phi) is 2.14. The molecule has 72 valence electrons. The molecule has 1 aromatic heterocycles. The van der Waals surface area contributed by atoms with Gasteiger partial charge in [-0.3, -0.25) is 0 Å². The summed E-state index contributed by atoms with van der Waals surface area (Å²) in [6.07, 6.45) is 1.71. The highest BCUT2D eigenvalue weighted by Gasteiger charge is 2.35. The maximum absolute atomic E-state index is 5.68. The minimum atomic E-state index is -0.0455. The van der Waals surface area contributed by atoms with Gasteiger partial charge in [-0.1, -0.05) is 0 Å². The first kappa shape index (κ1) is 8.78. The van der Waals surface area contributed by atoms with E-state index in [1.807, 2.05) is 12.1 Å². The van der Waals surface area contributed by atoms with E-state index in [2.05, 4.69) is 19.2 Å². The van der Waals surface area contributed by atoms with Crippen LogP contribution in [0.4, 0.5) is 0 Å². The van der Waals surface area contributed by atoms with Crippen LogP contribution in [-0.2, 0) is 4.74 Å². The van der Waals surface area contributed by atoms with Gasteiger partial charge in [0.15, 0.2) is 0 Å². The average molecular weight is 181 g/mol. The number of hydrogen-bond acceptors (Lipinski definition) is 3. The fourth-order valence-corrected chi connectivity index (χ4v) is 1.73. The predicted octanol–water partition coefficient (Wildman–Crippen LogP) is 1.72. The normalized spacial score (nSPS) is 27.4. The number of nitrogens with one attached hydrogen (secondary N) is 1. The summed E-state index contributed by atoms with van der Waals surface area (Å²) < 4.78 is 11.0. The van der Waals surface area contributed by atoms with E-state index in [0.29, 0.717) is 0 Å². The molecule has 0 aliphatic carbocycles. The van der Waals surface area contributed by atoms with Crippen LogP contribution < -0.4 is 5.32 Å². The molecule has 1 N–H and O–H groups in total. The third kappa shape index (κ3) is 1.62. The molecule has 1 aliphatic rings. The van der Waals surface area contributed by atoms with Crippen LogP contribution in [0.2, 0.25) is 0 Å². The van der Waals surface area contributed by atoms with Gasteiger partial charge >= 0.3 is 0 Å².